The molecule has 0 N–H and O–H groups in total. The van der Waals surface area contributed by atoms with Crippen LogP contribution in [-0.2, 0) is 9.53 Å². The van der Waals surface area contributed by atoms with E-state index in [1.807, 2.05) is 6.92 Å². The van der Waals surface area contributed by atoms with Crippen LogP contribution in [0.5, 0.6) is 0 Å². The van der Waals surface area contributed by atoms with Crippen molar-refractivity contribution in [2.75, 3.05) is 6.61 Å². The van der Waals surface area contributed by atoms with Crippen LogP contribution < -0.4 is 0 Å². The highest BCUT2D eigenvalue weighted by molar-refractivity contribution is 6.37. The maximum absolute atomic E-state index is 12.4. The van der Waals surface area contributed by atoms with Gasteiger partial charge in [-0.15, -0.1) is 11.6 Å². The molecule has 2 nitrogen and oxygen atoms in total. The third-order valence-electron chi connectivity index (χ3n) is 1.59. The first-order valence-corrected chi connectivity index (χ1v) is 3.99. The Morgan fingerprint density at radius 2 is 2.45 bits per heavy atom. The van der Waals surface area contributed by atoms with Crippen LogP contribution in [0, 0.1) is 0 Å². The number of esters is 1. The topological polar surface area (TPSA) is 26.3 Å². The summed E-state index contributed by atoms with van der Waals surface area (Å²) < 4.78 is 17.1. The molecule has 0 aliphatic heterocycles. The van der Waals surface area contributed by atoms with Crippen molar-refractivity contribution in [3.8, 4) is 0 Å². The SMILES string of the molecule is CCCOC(=O)C1(Cl)CC1F. The van der Waals surface area contributed by atoms with Crippen molar-refractivity contribution in [3.63, 3.8) is 0 Å². The van der Waals surface area contributed by atoms with Crippen molar-refractivity contribution in [2.24, 2.45) is 0 Å². The molecule has 1 aliphatic rings. The van der Waals surface area contributed by atoms with E-state index >= 15 is 0 Å². The Kier molecular flexibility index (Phi) is 2.37. The van der Waals surface area contributed by atoms with Crippen molar-refractivity contribution in [2.45, 2.75) is 30.8 Å². The summed E-state index contributed by atoms with van der Waals surface area (Å²) in [6.45, 7) is 2.19. The number of hydrogen-bond donors (Lipinski definition) is 0. The lowest BCUT2D eigenvalue weighted by molar-refractivity contribution is -0.144. The van der Waals surface area contributed by atoms with Gasteiger partial charge in [-0.3, -0.25) is 4.79 Å². The predicted molar refractivity (Wildman–Crippen MR) is 39.3 cm³/mol. The fourth-order valence-electron chi connectivity index (χ4n) is 0.728. The van der Waals surface area contributed by atoms with Gasteiger partial charge in [0.2, 0.25) is 0 Å². The molecule has 0 saturated heterocycles. The fourth-order valence-corrected chi connectivity index (χ4v) is 0.918. The molecule has 0 spiro atoms. The molecular weight excluding hydrogens is 171 g/mol. The molecule has 0 aromatic carbocycles. The number of carbonyl (C=O) groups excluding carboxylic acids is 1. The van der Waals surface area contributed by atoms with Crippen LogP contribution in [0.1, 0.15) is 19.8 Å². The first-order chi connectivity index (χ1) is 5.11. The molecule has 0 heterocycles. The normalized spacial score (nSPS) is 35.0. The van der Waals surface area contributed by atoms with E-state index in [1.54, 1.807) is 0 Å². The molecule has 64 valence electrons. The molecule has 0 aromatic rings. The Bertz CT molecular complexity index is 174. The molecule has 11 heavy (non-hydrogen) atoms. The van der Waals surface area contributed by atoms with Gasteiger partial charge < -0.3 is 4.74 Å². The molecule has 0 radical (unpaired) electrons. The van der Waals surface area contributed by atoms with Crippen LogP contribution >= 0.6 is 11.6 Å². The lowest BCUT2D eigenvalue weighted by Crippen LogP contribution is -2.22. The number of hydrogen-bond acceptors (Lipinski definition) is 2. The van der Waals surface area contributed by atoms with E-state index in [0.717, 1.165) is 6.42 Å². The van der Waals surface area contributed by atoms with Crippen LogP contribution in [0.4, 0.5) is 4.39 Å². The maximum atomic E-state index is 12.4. The quantitative estimate of drug-likeness (QED) is 0.488. The Labute approximate surface area is 69.7 Å². The molecule has 1 rings (SSSR count). The number of carbonyl (C=O) groups is 1. The van der Waals surface area contributed by atoms with E-state index in [0.29, 0.717) is 6.61 Å². The second-order valence-electron chi connectivity index (χ2n) is 2.67. The maximum Gasteiger partial charge on any atom is 0.330 e. The zero-order valence-corrected chi connectivity index (χ0v) is 7.03. The van der Waals surface area contributed by atoms with E-state index in [2.05, 4.69) is 4.74 Å². The summed E-state index contributed by atoms with van der Waals surface area (Å²) in [4.78, 5) is 9.56. The fraction of sp³-hybridized carbons (Fsp3) is 0.857. The van der Waals surface area contributed by atoms with Crippen molar-refractivity contribution in [1.29, 1.82) is 0 Å². The lowest BCUT2D eigenvalue weighted by atomic mass is 10.4. The number of rotatable bonds is 3. The molecule has 4 heteroatoms. The summed E-state index contributed by atoms with van der Waals surface area (Å²) in [5.74, 6) is -0.617. The zero-order valence-electron chi connectivity index (χ0n) is 6.27. The zero-order chi connectivity index (χ0) is 8.48. The van der Waals surface area contributed by atoms with Gasteiger partial charge >= 0.3 is 5.97 Å². The summed E-state index contributed by atoms with van der Waals surface area (Å²) in [5.41, 5.74) is 0. The third-order valence-corrected chi connectivity index (χ3v) is 2.13. The van der Waals surface area contributed by atoms with E-state index < -0.39 is 17.0 Å². The summed E-state index contributed by atoms with van der Waals surface area (Å²) in [7, 11) is 0. The number of ether oxygens (including phenoxy) is 1. The Hall–Kier alpha value is -0.310. The first-order valence-electron chi connectivity index (χ1n) is 3.61. The molecule has 2 atom stereocenters. The smallest absolute Gasteiger partial charge is 0.330 e. The highest BCUT2D eigenvalue weighted by atomic mass is 35.5. The van der Waals surface area contributed by atoms with Crippen molar-refractivity contribution >= 4 is 17.6 Å². The molecule has 2 unspecified atom stereocenters. The van der Waals surface area contributed by atoms with Crippen LogP contribution in [0.15, 0.2) is 0 Å². The Morgan fingerprint density at radius 1 is 1.91 bits per heavy atom. The minimum atomic E-state index is -1.34. The van der Waals surface area contributed by atoms with Gasteiger partial charge in [-0.25, -0.2) is 4.39 Å². The second kappa shape index (κ2) is 2.97. The predicted octanol–water partition coefficient (Wildman–Crippen LogP) is 1.66. The van der Waals surface area contributed by atoms with E-state index in [4.69, 9.17) is 11.6 Å². The van der Waals surface area contributed by atoms with Crippen molar-refractivity contribution in [1.82, 2.24) is 0 Å². The van der Waals surface area contributed by atoms with Crippen molar-refractivity contribution in [3.05, 3.63) is 0 Å². The standard InChI is InChI=1S/C7H10ClFO2/c1-2-3-11-6(10)7(8)4-5(7)9/h5H,2-4H2,1H3. The van der Waals surface area contributed by atoms with E-state index in [1.165, 1.54) is 0 Å². The van der Waals surface area contributed by atoms with Gasteiger partial charge in [0.1, 0.15) is 6.17 Å². The molecule has 1 saturated carbocycles. The Balaban J connectivity index is 2.31. The van der Waals surface area contributed by atoms with Gasteiger partial charge in [-0.2, -0.15) is 0 Å². The van der Waals surface area contributed by atoms with Gasteiger partial charge in [0.05, 0.1) is 6.61 Å². The molecule has 0 bridgehead atoms. The summed E-state index contributed by atoms with van der Waals surface area (Å²) in [5, 5.41) is 0. The van der Waals surface area contributed by atoms with Gasteiger partial charge in [0.25, 0.3) is 0 Å². The van der Waals surface area contributed by atoms with Crippen LogP contribution in [0.25, 0.3) is 0 Å². The molecule has 1 fully saturated rings. The van der Waals surface area contributed by atoms with Crippen molar-refractivity contribution < 1.29 is 13.9 Å². The van der Waals surface area contributed by atoms with E-state index in [-0.39, 0.29) is 6.42 Å². The number of halogens is 2. The molecular formula is C7H10ClFO2. The van der Waals surface area contributed by atoms with Crippen LogP contribution in [0.3, 0.4) is 0 Å². The molecule has 0 aromatic heterocycles. The second-order valence-corrected chi connectivity index (χ2v) is 3.34. The van der Waals surface area contributed by atoms with Gasteiger partial charge in [-0.05, 0) is 6.42 Å². The summed E-state index contributed by atoms with van der Waals surface area (Å²) in [6, 6.07) is 0. The molecule has 0 amide bonds. The van der Waals surface area contributed by atoms with Gasteiger partial charge in [-0.1, -0.05) is 6.92 Å². The van der Waals surface area contributed by atoms with Crippen LogP contribution in [0.2, 0.25) is 0 Å². The number of alkyl halides is 2. The minimum Gasteiger partial charge on any atom is -0.464 e. The average molecular weight is 181 g/mol. The highest BCUT2D eigenvalue weighted by Gasteiger charge is 2.61. The lowest BCUT2D eigenvalue weighted by Gasteiger charge is -2.05. The summed E-state index contributed by atoms with van der Waals surface area (Å²) in [6.07, 6.45) is -0.388. The van der Waals surface area contributed by atoms with Crippen LogP contribution in [-0.4, -0.2) is 23.6 Å². The average Bonchev–Trinajstić information content (AvgIpc) is 2.56. The molecule has 1 aliphatic carbocycles. The van der Waals surface area contributed by atoms with Gasteiger partial charge in [0, 0.05) is 6.42 Å². The highest BCUT2D eigenvalue weighted by Crippen LogP contribution is 2.46. The summed E-state index contributed by atoms with van der Waals surface area (Å²) >= 11 is 5.53. The van der Waals surface area contributed by atoms with Gasteiger partial charge in [0.15, 0.2) is 4.87 Å². The Morgan fingerprint density at radius 3 is 2.82 bits per heavy atom. The first kappa shape index (κ1) is 8.78. The monoisotopic (exact) mass is 180 g/mol. The largest absolute Gasteiger partial charge is 0.464 e. The minimum absolute atomic E-state index is 0.0943. The third kappa shape index (κ3) is 1.64. The van der Waals surface area contributed by atoms with E-state index in [9.17, 15) is 9.18 Å².